The van der Waals surface area contributed by atoms with Gasteiger partial charge in [0.15, 0.2) is 0 Å². The zero-order chi connectivity index (χ0) is 7.40. The monoisotopic (exact) mass is 218 g/mol. The van der Waals surface area contributed by atoms with Gasteiger partial charge in [-0.3, -0.25) is 0 Å². The summed E-state index contributed by atoms with van der Waals surface area (Å²) in [5.41, 5.74) is 0. The van der Waals surface area contributed by atoms with Gasteiger partial charge in [-0.25, -0.2) is 0 Å². The normalized spacial score (nSPS) is 9.70. The molecule has 1 rings (SSSR count). The summed E-state index contributed by atoms with van der Waals surface area (Å²) < 4.78 is 1.11. The lowest BCUT2D eigenvalue weighted by atomic mass is 10.3. The van der Waals surface area contributed by atoms with Crippen molar-refractivity contribution in [2.24, 2.45) is 0 Å². The van der Waals surface area contributed by atoms with Gasteiger partial charge in [-0.05, 0) is 28.4 Å². The molecule has 1 heterocycles. The molecule has 0 atom stereocenters. The molecule has 0 amide bonds. The summed E-state index contributed by atoms with van der Waals surface area (Å²) in [6.07, 6.45) is 2.46. The summed E-state index contributed by atoms with van der Waals surface area (Å²) in [4.78, 5) is 11.2. The largest absolute Gasteiger partial charge is 0.303 e. The van der Waals surface area contributed by atoms with Crippen LogP contribution in [0.2, 0.25) is 0 Å². The molecule has 0 radical (unpaired) electrons. The molecule has 10 heavy (non-hydrogen) atoms. The average molecular weight is 219 g/mol. The number of hydrogen-bond donors (Lipinski definition) is 0. The minimum Gasteiger partial charge on any atom is -0.303 e. The van der Waals surface area contributed by atoms with E-state index in [0.29, 0.717) is 6.42 Å². The van der Waals surface area contributed by atoms with Crippen LogP contribution in [-0.4, -0.2) is 6.29 Å². The highest BCUT2D eigenvalue weighted by Gasteiger charge is 1.95. The molecule has 0 unspecified atom stereocenters. The van der Waals surface area contributed by atoms with E-state index in [1.807, 2.05) is 11.4 Å². The van der Waals surface area contributed by atoms with Gasteiger partial charge in [0, 0.05) is 21.2 Å². The standard InChI is InChI=1S/C7H7BrOS/c8-6-4-7(10-5-6)2-1-3-9/h3-5H,1-2H2. The second kappa shape index (κ2) is 3.88. The predicted octanol–water partition coefficient (Wildman–Crippen LogP) is 2.64. The molecule has 0 bridgehead atoms. The molecule has 0 saturated carbocycles. The minimum absolute atomic E-state index is 0.632. The van der Waals surface area contributed by atoms with Crippen LogP contribution in [0.4, 0.5) is 0 Å². The van der Waals surface area contributed by atoms with E-state index in [9.17, 15) is 4.79 Å². The van der Waals surface area contributed by atoms with Crippen molar-refractivity contribution >= 4 is 33.6 Å². The number of hydrogen-bond acceptors (Lipinski definition) is 2. The van der Waals surface area contributed by atoms with Gasteiger partial charge in [0.05, 0.1) is 0 Å². The molecule has 1 aromatic rings. The van der Waals surface area contributed by atoms with Crippen LogP contribution >= 0.6 is 27.3 Å². The Bertz CT molecular complexity index is 219. The van der Waals surface area contributed by atoms with Gasteiger partial charge in [-0.15, -0.1) is 11.3 Å². The molecule has 3 heteroatoms. The highest BCUT2D eigenvalue weighted by Crippen LogP contribution is 2.20. The predicted molar refractivity (Wildman–Crippen MR) is 46.4 cm³/mol. The first-order valence-electron chi connectivity index (χ1n) is 2.99. The maximum Gasteiger partial charge on any atom is 0.120 e. The van der Waals surface area contributed by atoms with E-state index in [-0.39, 0.29) is 0 Å². The van der Waals surface area contributed by atoms with Crippen molar-refractivity contribution < 1.29 is 4.79 Å². The number of aldehydes is 1. The van der Waals surface area contributed by atoms with Crippen LogP contribution in [0.25, 0.3) is 0 Å². The number of thiophene rings is 1. The van der Waals surface area contributed by atoms with Crippen molar-refractivity contribution in [2.45, 2.75) is 12.8 Å². The fourth-order valence-electron chi connectivity index (χ4n) is 0.686. The van der Waals surface area contributed by atoms with Gasteiger partial charge in [-0.1, -0.05) is 0 Å². The third-order valence-electron chi connectivity index (χ3n) is 1.13. The molecule has 0 aliphatic rings. The smallest absolute Gasteiger partial charge is 0.120 e. The summed E-state index contributed by atoms with van der Waals surface area (Å²) >= 11 is 5.03. The van der Waals surface area contributed by atoms with E-state index in [0.717, 1.165) is 17.2 Å². The fourth-order valence-corrected chi connectivity index (χ4v) is 2.16. The van der Waals surface area contributed by atoms with E-state index in [2.05, 4.69) is 15.9 Å². The summed E-state index contributed by atoms with van der Waals surface area (Å²) in [6, 6.07) is 2.05. The number of aryl methyl sites for hydroxylation is 1. The lowest BCUT2D eigenvalue weighted by molar-refractivity contribution is -0.107. The van der Waals surface area contributed by atoms with Gasteiger partial charge in [0.2, 0.25) is 0 Å². The fraction of sp³-hybridized carbons (Fsp3) is 0.286. The van der Waals surface area contributed by atoms with Crippen LogP contribution < -0.4 is 0 Å². The quantitative estimate of drug-likeness (QED) is 0.714. The molecule has 0 saturated heterocycles. The Morgan fingerprint density at radius 3 is 3.00 bits per heavy atom. The van der Waals surface area contributed by atoms with Crippen molar-refractivity contribution in [1.82, 2.24) is 0 Å². The first-order valence-corrected chi connectivity index (χ1v) is 4.66. The molecular weight excluding hydrogens is 212 g/mol. The Labute approximate surface area is 72.2 Å². The van der Waals surface area contributed by atoms with Crippen LogP contribution in [0.5, 0.6) is 0 Å². The first-order chi connectivity index (χ1) is 4.83. The molecule has 0 fully saturated rings. The summed E-state index contributed by atoms with van der Waals surface area (Å²) in [7, 11) is 0. The lowest BCUT2D eigenvalue weighted by Gasteiger charge is -1.85. The van der Waals surface area contributed by atoms with Gasteiger partial charge in [0.25, 0.3) is 0 Å². The van der Waals surface area contributed by atoms with Gasteiger partial charge in [-0.2, -0.15) is 0 Å². The number of carbonyl (C=O) groups is 1. The Hall–Kier alpha value is -0.150. The van der Waals surface area contributed by atoms with Gasteiger partial charge < -0.3 is 4.79 Å². The third-order valence-corrected chi connectivity index (χ3v) is 2.89. The molecule has 0 aliphatic carbocycles. The summed E-state index contributed by atoms with van der Waals surface area (Å²) in [6.45, 7) is 0. The van der Waals surface area contributed by atoms with Crippen molar-refractivity contribution in [3.63, 3.8) is 0 Å². The van der Waals surface area contributed by atoms with Crippen LogP contribution in [0.15, 0.2) is 15.9 Å². The van der Waals surface area contributed by atoms with Crippen molar-refractivity contribution in [1.29, 1.82) is 0 Å². The molecule has 0 aromatic carbocycles. The number of rotatable bonds is 3. The molecule has 54 valence electrons. The number of halogens is 1. The SMILES string of the molecule is O=CCCc1cc(Br)cs1. The van der Waals surface area contributed by atoms with Crippen LogP contribution in [0.1, 0.15) is 11.3 Å². The molecule has 1 aromatic heterocycles. The highest BCUT2D eigenvalue weighted by atomic mass is 79.9. The zero-order valence-corrected chi connectivity index (χ0v) is 7.74. The van der Waals surface area contributed by atoms with Gasteiger partial charge in [0.1, 0.15) is 6.29 Å². The molecular formula is C7H7BrOS. The Morgan fingerprint density at radius 1 is 1.70 bits per heavy atom. The van der Waals surface area contributed by atoms with Crippen LogP contribution in [0.3, 0.4) is 0 Å². The topological polar surface area (TPSA) is 17.1 Å². The van der Waals surface area contributed by atoms with Crippen LogP contribution in [0, 0.1) is 0 Å². The molecule has 1 nitrogen and oxygen atoms in total. The first kappa shape index (κ1) is 7.95. The Kier molecular flexibility index (Phi) is 3.09. The molecule has 0 N–H and O–H groups in total. The summed E-state index contributed by atoms with van der Waals surface area (Å²) in [5.74, 6) is 0. The molecule has 0 aliphatic heterocycles. The second-order valence-electron chi connectivity index (χ2n) is 1.94. The van der Waals surface area contributed by atoms with Crippen LogP contribution in [-0.2, 0) is 11.2 Å². The van der Waals surface area contributed by atoms with Crippen molar-refractivity contribution in [3.8, 4) is 0 Å². The van der Waals surface area contributed by atoms with Gasteiger partial charge >= 0.3 is 0 Å². The summed E-state index contributed by atoms with van der Waals surface area (Å²) in [5, 5.41) is 2.03. The lowest BCUT2D eigenvalue weighted by Crippen LogP contribution is -1.79. The Morgan fingerprint density at radius 2 is 2.50 bits per heavy atom. The van der Waals surface area contributed by atoms with E-state index in [4.69, 9.17) is 0 Å². The average Bonchev–Trinajstić information content (AvgIpc) is 2.31. The Balaban J connectivity index is 2.49. The van der Waals surface area contributed by atoms with E-state index in [1.165, 1.54) is 4.88 Å². The maximum absolute atomic E-state index is 9.98. The van der Waals surface area contributed by atoms with E-state index in [1.54, 1.807) is 11.3 Å². The van der Waals surface area contributed by atoms with E-state index < -0.39 is 0 Å². The second-order valence-corrected chi connectivity index (χ2v) is 3.85. The third kappa shape index (κ3) is 2.23. The van der Waals surface area contributed by atoms with Crippen molar-refractivity contribution in [3.05, 3.63) is 20.8 Å². The molecule has 0 spiro atoms. The maximum atomic E-state index is 9.98. The zero-order valence-electron chi connectivity index (χ0n) is 5.34. The van der Waals surface area contributed by atoms with E-state index >= 15 is 0 Å². The van der Waals surface area contributed by atoms with Crippen molar-refractivity contribution in [2.75, 3.05) is 0 Å². The highest BCUT2D eigenvalue weighted by molar-refractivity contribution is 9.10. The minimum atomic E-state index is 0.632. The number of carbonyl (C=O) groups excluding carboxylic acids is 1.